The second-order valence-corrected chi connectivity index (χ2v) is 10.8. The van der Waals surface area contributed by atoms with Crippen molar-refractivity contribution in [3.63, 3.8) is 0 Å². The number of carbonyl (C=O) groups is 1. The van der Waals surface area contributed by atoms with Gasteiger partial charge in [0, 0.05) is 11.9 Å². The number of hydrogen-bond donors (Lipinski definition) is 6. The Morgan fingerprint density at radius 2 is 1.81 bits per heavy atom. The molecule has 31 heavy (non-hydrogen) atoms. The second-order valence-electron chi connectivity index (χ2n) is 6.35. The quantitative estimate of drug-likeness (QED) is 0.242. The molecule has 2 amide bonds. The Balaban J connectivity index is 2.16. The van der Waals surface area contributed by atoms with Gasteiger partial charge in [0.05, 0.1) is 0 Å². The lowest BCUT2D eigenvalue weighted by Gasteiger charge is -2.33. The van der Waals surface area contributed by atoms with Gasteiger partial charge in [-0.05, 0) is 13.0 Å². The molecule has 1 saturated heterocycles. The largest absolute Gasteiger partial charge is 0.490 e. The first-order valence-electron chi connectivity index (χ1n) is 7.76. The van der Waals surface area contributed by atoms with Gasteiger partial charge in [0.25, 0.3) is 5.85 Å². The number of phosphoric acid groups is 3. The molecule has 2 rings (SSSR count). The lowest BCUT2D eigenvalue weighted by Crippen LogP contribution is -2.54. The highest BCUT2D eigenvalue weighted by molar-refractivity contribution is 7.66. The van der Waals surface area contributed by atoms with E-state index in [0.717, 1.165) is 6.20 Å². The molecule has 1 fully saturated rings. The molecule has 20 heteroatoms. The summed E-state index contributed by atoms with van der Waals surface area (Å²) < 4.78 is 79.2. The zero-order valence-corrected chi connectivity index (χ0v) is 18.0. The fourth-order valence-electron chi connectivity index (χ4n) is 2.50. The van der Waals surface area contributed by atoms with E-state index in [1.807, 2.05) is 0 Å². The van der Waals surface area contributed by atoms with Crippen LogP contribution in [0.4, 0.5) is 13.6 Å². The van der Waals surface area contributed by atoms with Crippen molar-refractivity contribution in [2.75, 3.05) is 6.61 Å². The molecule has 6 atom stereocenters. The van der Waals surface area contributed by atoms with Crippen molar-refractivity contribution in [2.24, 2.45) is 0 Å². The molecule has 0 bridgehead atoms. The van der Waals surface area contributed by atoms with Crippen molar-refractivity contribution in [1.82, 2.24) is 10.2 Å². The number of urea groups is 1. The molecule has 3 unspecified atom stereocenters. The molecule has 0 aromatic carbocycles. The molecule has 6 N–H and O–H groups in total. The zero-order valence-electron chi connectivity index (χ0n) is 15.3. The van der Waals surface area contributed by atoms with Crippen LogP contribution < -0.4 is 5.32 Å². The molecular weight excluding hydrogens is 499 g/mol. The minimum atomic E-state index is -5.89. The normalized spacial score (nSPS) is 35.5. The van der Waals surface area contributed by atoms with Crippen LogP contribution in [0.15, 0.2) is 24.6 Å². The van der Waals surface area contributed by atoms with E-state index in [1.165, 1.54) is 6.08 Å². The molecule has 2 aliphatic heterocycles. The van der Waals surface area contributed by atoms with E-state index >= 15 is 4.39 Å². The third-order valence-electron chi connectivity index (χ3n) is 3.76. The van der Waals surface area contributed by atoms with Gasteiger partial charge in [0.2, 0.25) is 0 Å². The number of aliphatic hydroxyl groups is 1. The van der Waals surface area contributed by atoms with Crippen LogP contribution in [-0.4, -0.2) is 66.1 Å². The van der Waals surface area contributed by atoms with E-state index in [0.29, 0.717) is 11.8 Å². The van der Waals surface area contributed by atoms with E-state index in [9.17, 15) is 32.9 Å². The topological polar surface area (TPSA) is 222 Å². The summed E-state index contributed by atoms with van der Waals surface area (Å²) >= 11 is 0. The number of ether oxygens (including phenoxy) is 1. The van der Waals surface area contributed by atoms with Gasteiger partial charge in [-0.1, -0.05) is 6.58 Å². The summed E-state index contributed by atoms with van der Waals surface area (Å²) in [5.74, 6) is -3.60. The number of nitrogens with zero attached hydrogens (tertiary/aromatic N) is 1. The van der Waals surface area contributed by atoms with Crippen molar-refractivity contribution in [1.29, 1.82) is 0 Å². The van der Waals surface area contributed by atoms with Gasteiger partial charge < -0.3 is 34.7 Å². The second kappa shape index (κ2) is 8.37. The van der Waals surface area contributed by atoms with Gasteiger partial charge in [-0.3, -0.25) is 9.42 Å². The zero-order chi connectivity index (χ0) is 24.0. The molecule has 0 radical (unpaired) electrons. The Kier molecular flexibility index (Phi) is 7.08. The predicted octanol–water partition coefficient (Wildman–Crippen LogP) is 0.493. The number of amides is 2. The molecule has 178 valence electrons. The van der Waals surface area contributed by atoms with E-state index in [2.05, 4.69) is 25.0 Å². The van der Waals surface area contributed by atoms with E-state index in [-0.39, 0.29) is 5.70 Å². The monoisotopic (exact) mass is 516 g/mol. The number of alkyl halides is 2. The maximum Gasteiger partial charge on any atom is 0.490 e. The molecule has 0 aromatic rings. The Morgan fingerprint density at radius 3 is 2.32 bits per heavy atom. The van der Waals surface area contributed by atoms with Gasteiger partial charge in [0.1, 0.15) is 6.61 Å². The molecule has 0 saturated carbocycles. The summed E-state index contributed by atoms with van der Waals surface area (Å²) in [6, 6.07) is -1.01. The van der Waals surface area contributed by atoms with Gasteiger partial charge in [0.15, 0.2) is 18.0 Å². The van der Waals surface area contributed by atoms with Crippen molar-refractivity contribution >= 4 is 29.5 Å². The minimum Gasteiger partial charge on any atom is -0.384 e. The average molecular weight is 516 g/mol. The standard InChI is InChI=1S/C11H17F2N2O13P3/c1-6-3-4-15(9(17)14-6)8-10(2,12)7(16)11(13,26-8)5-25-30(21,22)28-31(23,24)27-29(18,19)20/h3-4,7-8,16H,1,5H2,2H3,(H,14,17)(H,21,22)(H,23,24)(H2,18,19,20)/t7?,8-,10-,11-/m1/s1. The molecule has 0 spiro atoms. The van der Waals surface area contributed by atoms with Gasteiger partial charge in [-0.2, -0.15) is 8.62 Å². The summed E-state index contributed by atoms with van der Waals surface area (Å²) in [5, 5.41) is 12.2. The highest BCUT2D eigenvalue weighted by Gasteiger charge is 2.66. The number of rotatable bonds is 8. The molecule has 0 aliphatic carbocycles. The Hall–Kier alpha value is -1.06. The van der Waals surface area contributed by atoms with Crippen LogP contribution in [0.2, 0.25) is 0 Å². The number of nitrogens with one attached hydrogen (secondary N) is 1. The first-order chi connectivity index (χ1) is 13.8. The van der Waals surface area contributed by atoms with Crippen LogP contribution in [0.3, 0.4) is 0 Å². The van der Waals surface area contributed by atoms with Gasteiger partial charge in [-0.25, -0.2) is 27.3 Å². The molecule has 2 heterocycles. The number of phosphoric ester groups is 1. The van der Waals surface area contributed by atoms with Crippen LogP contribution >= 0.6 is 23.5 Å². The predicted molar refractivity (Wildman–Crippen MR) is 92.7 cm³/mol. The minimum absolute atomic E-state index is 0.111. The summed E-state index contributed by atoms with van der Waals surface area (Å²) in [5.41, 5.74) is -2.89. The van der Waals surface area contributed by atoms with Crippen LogP contribution in [-0.2, 0) is 31.6 Å². The van der Waals surface area contributed by atoms with Crippen LogP contribution in [0.25, 0.3) is 0 Å². The van der Waals surface area contributed by atoms with Gasteiger partial charge >= 0.3 is 29.5 Å². The molecule has 15 nitrogen and oxygen atoms in total. The molecular formula is C11H17F2N2O13P3. The maximum atomic E-state index is 15.0. The fourth-order valence-corrected chi connectivity index (χ4v) is 5.54. The van der Waals surface area contributed by atoms with Crippen LogP contribution in [0.1, 0.15) is 6.92 Å². The van der Waals surface area contributed by atoms with Crippen molar-refractivity contribution < 1.29 is 69.8 Å². The molecule has 2 aliphatic rings. The SMILES string of the molecule is C=C1C=CN([C@@H]2O[C@](F)(COP(=O)(O)OP(=O)(O)OP(=O)(O)O)C(O)[C@@]2(C)F)C(=O)N1. The van der Waals surface area contributed by atoms with Crippen LogP contribution in [0.5, 0.6) is 0 Å². The summed E-state index contributed by atoms with van der Waals surface area (Å²) in [6.45, 7) is 2.27. The number of allylic oxidation sites excluding steroid dienone is 1. The average Bonchev–Trinajstić information content (AvgIpc) is 2.71. The highest BCUT2D eigenvalue weighted by atomic mass is 31.3. The summed E-state index contributed by atoms with van der Waals surface area (Å²) in [6.07, 6.45) is -2.67. The first-order valence-corrected chi connectivity index (χ1v) is 12.3. The Morgan fingerprint density at radius 1 is 1.23 bits per heavy atom. The number of halogens is 2. The van der Waals surface area contributed by atoms with Crippen molar-refractivity contribution in [2.45, 2.75) is 30.8 Å². The van der Waals surface area contributed by atoms with E-state index in [4.69, 9.17) is 19.4 Å². The Bertz CT molecular complexity index is 938. The number of aliphatic hydroxyl groups excluding tert-OH is 1. The van der Waals surface area contributed by atoms with Crippen LogP contribution in [0, 0.1) is 0 Å². The Labute approximate surface area is 172 Å². The lowest BCUT2D eigenvalue weighted by molar-refractivity contribution is -0.205. The number of carbonyl (C=O) groups excluding carboxylic acids is 1. The summed E-state index contributed by atoms with van der Waals surface area (Å²) in [7, 11) is -17.3. The maximum absolute atomic E-state index is 15.0. The van der Waals surface area contributed by atoms with Crippen molar-refractivity contribution in [3.05, 3.63) is 24.6 Å². The van der Waals surface area contributed by atoms with Gasteiger partial charge in [-0.15, -0.1) is 0 Å². The van der Waals surface area contributed by atoms with E-state index < -0.39 is 60.0 Å². The highest BCUT2D eigenvalue weighted by Crippen LogP contribution is 2.66. The number of hydrogen-bond acceptors (Lipinski definition) is 9. The third-order valence-corrected chi connectivity index (χ3v) is 7.55. The summed E-state index contributed by atoms with van der Waals surface area (Å²) in [4.78, 5) is 47.8. The third kappa shape index (κ3) is 6.26. The smallest absolute Gasteiger partial charge is 0.384 e. The first kappa shape index (κ1) is 26.2. The molecule has 0 aromatic heterocycles. The van der Waals surface area contributed by atoms with E-state index in [1.54, 1.807) is 0 Å². The van der Waals surface area contributed by atoms with Crippen molar-refractivity contribution in [3.8, 4) is 0 Å². The lowest BCUT2D eigenvalue weighted by atomic mass is 9.97. The fraction of sp³-hybridized carbons (Fsp3) is 0.545.